The van der Waals surface area contributed by atoms with E-state index in [1.165, 1.54) is 35.7 Å². The number of anilines is 3. The van der Waals surface area contributed by atoms with Gasteiger partial charge in [0.1, 0.15) is 11.5 Å². The van der Waals surface area contributed by atoms with Crippen molar-refractivity contribution in [2.75, 3.05) is 35.2 Å². The molecule has 1 saturated heterocycles. The molecule has 4 N–H and O–H groups in total. The summed E-state index contributed by atoms with van der Waals surface area (Å²) in [5.41, 5.74) is 14.8. The van der Waals surface area contributed by atoms with Gasteiger partial charge in [0.2, 0.25) is 0 Å². The molecule has 0 unspecified atom stereocenters. The number of fused-ring (bicyclic) bond motifs is 2. The molecule has 1 amide bonds. The molecule has 1 atom stereocenters. The van der Waals surface area contributed by atoms with Crippen molar-refractivity contribution >= 4 is 23.2 Å². The Morgan fingerprint density at radius 3 is 2.60 bits per heavy atom. The Kier molecular flexibility index (Phi) is 4.79. The number of benzene rings is 1. The molecule has 6 rings (SSSR count). The van der Waals surface area contributed by atoms with Crippen molar-refractivity contribution in [1.29, 1.82) is 0 Å². The van der Waals surface area contributed by atoms with E-state index >= 15 is 0 Å². The second kappa shape index (κ2) is 7.67. The number of amides is 1. The van der Waals surface area contributed by atoms with Gasteiger partial charge in [-0.3, -0.25) is 14.7 Å². The molecule has 180 valence electrons. The van der Waals surface area contributed by atoms with Crippen LogP contribution in [0.4, 0.5) is 26.1 Å². The van der Waals surface area contributed by atoms with E-state index in [1.54, 1.807) is 0 Å². The Bertz CT molecular complexity index is 1320. The van der Waals surface area contributed by atoms with Gasteiger partial charge in [0.25, 0.3) is 5.91 Å². The fourth-order valence-corrected chi connectivity index (χ4v) is 5.76. The Labute approximate surface area is 201 Å². The molecule has 3 aliphatic rings. The minimum Gasteiger partial charge on any atom is -0.382 e. The molecule has 0 bridgehead atoms. The third-order valence-corrected chi connectivity index (χ3v) is 7.69. The summed E-state index contributed by atoms with van der Waals surface area (Å²) < 4.78 is 28.7. The van der Waals surface area contributed by atoms with Gasteiger partial charge in [-0.15, -0.1) is 0 Å². The van der Waals surface area contributed by atoms with Gasteiger partial charge < -0.3 is 16.4 Å². The lowest BCUT2D eigenvalue weighted by Crippen LogP contribution is -2.44. The highest BCUT2D eigenvalue weighted by molar-refractivity contribution is 6.08. The van der Waals surface area contributed by atoms with Gasteiger partial charge >= 0.3 is 5.92 Å². The van der Waals surface area contributed by atoms with E-state index in [1.807, 2.05) is 6.07 Å². The molecule has 1 spiro atoms. The molecule has 1 aromatic carbocycles. The molecule has 0 radical (unpaired) electrons. The first-order valence-electron chi connectivity index (χ1n) is 11.7. The summed E-state index contributed by atoms with van der Waals surface area (Å²) >= 11 is 0. The zero-order valence-corrected chi connectivity index (χ0v) is 19.0. The van der Waals surface area contributed by atoms with Crippen LogP contribution in [0.1, 0.15) is 46.2 Å². The number of hydrogen-bond acceptors (Lipinski definition) is 7. The van der Waals surface area contributed by atoms with Crippen molar-refractivity contribution in [1.82, 2.24) is 15.0 Å². The largest absolute Gasteiger partial charge is 0.382 e. The summed E-state index contributed by atoms with van der Waals surface area (Å²) in [6, 6.07) is 11.3. The average molecular weight is 478 g/mol. The molecule has 4 heterocycles. The van der Waals surface area contributed by atoms with Crippen LogP contribution >= 0.6 is 0 Å². The standard InChI is InChI=1S/C25H25F2N7O/c26-25(27)14-34(17-6-3-9-30-21(17)25)23(35)19-22(29)32-18(13-31-19)33-10-7-24(8-11-33)12-15-4-1-2-5-16(15)20(24)28/h1-6,9,13,20H,7-8,10-12,14,28H2,(H2,29,32)/t20-/m1/s1. The summed E-state index contributed by atoms with van der Waals surface area (Å²) in [6.45, 7) is 0.666. The van der Waals surface area contributed by atoms with E-state index in [4.69, 9.17) is 11.5 Å². The highest BCUT2D eigenvalue weighted by Gasteiger charge is 2.48. The molecule has 2 aliphatic heterocycles. The molecule has 10 heteroatoms. The summed E-state index contributed by atoms with van der Waals surface area (Å²) in [4.78, 5) is 28.5. The number of halogens is 2. The number of alkyl halides is 2. The number of rotatable bonds is 2. The van der Waals surface area contributed by atoms with E-state index in [-0.39, 0.29) is 28.7 Å². The first-order valence-corrected chi connectivity index (χ1v) is 11.7. The van der Waals surface area contributed by atoms with E-state index in [0.717, 1.165) is 37.3 Å². The maximum absolute atomic E-state index is 14.4. The number of carbonyl (C=O) groups excluding carboxylic acids is 1. The topological polar surface area (TPSA) is 114 Å². The van der Waals surface area contributed by atoms with Crippen molar-refractivity contribution in [3.63, 3.8) is 0 Å². The number of nitrogen functional groups attached to an aromatic ring is 1. The SMILES string of the molecule is Nc1nc(N2CCC3(CC2)Cc2ccccc2[C@H]3N)cnc1C(=O)N1CC(F)(F)c2ncccc21. The Balaban J connectivity index is 1.19. The molecule has 0 saturated carbocycles. The number of nitrogens with zero attached hydrogens (tertiary/aromatic N) is 5. The third kappa shape index (κ3) is 3.35. The number of carbonyl (C=O) groups is 1. The van der Waals surface area contributed by atoms with E-state index < -0.39 is 24.1 Å². The fraction of sp³-hybridized carbons (Fsp3) is 0.360. The van der Waals surface area contributed by atoms with Crippen LogP contribution in [0.3, 0.4) is 0 Å². The van der Waals surface area contributed by atoms with Crippen LogP contribution in [0.5, 0.6) is 0 Å². The number of pyridine rings is 1. The number of hydrogen-bond donors (Lipinski definition) is 2. The highest BCUT2D eigenvalue weighted by atomic mass is 19.3. The zero-order chi connectivity index (χ0) is 24.4. The Morgan fingerprint density at radius 1 is 1.09 bits per heavy atom. The van der Waals surface area contributed by atoms with Crippen molar-refractivity contribution < 1.29 is 13.6 Å². The molecule has 2 aromatic heterocycles. The van der Waals surface area contributed by atoms with Crippen LogP contribution < -0.4 is 21.3 Å². The number of piperidine rings is 1. The summed E-state index contributed by atoms with van der Waals surface area (Å²) in [5, 5.41) is 0. The van der Waals surface area contributed by atoms with E-state index in [2.05, 4.69) is 38.1 Å². The predicted molar refractivity (Wildman–Crippen MR) is 127 cm³/mol. The maximum atomic E-state index is 14.4. The van der Waals surface area contributed by atoms with Crippen LogP contribution in [-0.2, 0) is 12.3 Å². The van der Waals surface area contributed by atoms with Crippen molar-refractivity contribution in [2.24, 2.45) is 11.1 Å². The second-order valence-corrected chi connectivity index (χ2v) is 9.63. The molecule has 1 fully saturated rings. The van der Waals surface area contributed by atoms with E-state index in [9.17, 15) is 13.6 Å². The van der Waals surface area contributed by atoms with Crippen molar-refractivity contribution in [2.45, 2.75) is 31.2 Å². The Morgan fingerprint density at radius 2 is 1.86 bits per heavy atom. The van der Waals surface area contributed by atoms with Gasteiger partial charge in [0.15, 0.2) is 11.5 Å². The van der Waals surface area contributed by atoms with Gasteiger partial charge in [-0.05, 0) is 47.9 Å². The minimum atomic E-state index is -3.24. The zero-order valence-electron chi connectivity index (χ0n) is 19.0. The smallest absolute Gasteiger partial charge is 0.309 e. The lowest BCUT2D eigenvalue weighted by molar-refractivity contribution is 0.00971. The normalized spacial score (nSPS) is 21.7. The highest BCUT2D eigenvalue weighted by Crippen LogP contribution is 2.51. The molecule has 3 aromatic rings. The average Bonchev–Trinajstić information content (AvgIpc) is 3.30. The third-order valence-electron chi connectivity index (χ3n) is 7.69. The monoisotopic (exact) mass is 477 g/mol. The van der Waals surface area contributed by atoms with Crippen molar-refractivity contribution in [3.05, 3.63) is 71.3 Å². The lowest BCUT2D eigenvalue weighted by Gasteiger charge is -2.42. The van der Waals surface area contributed by atoms with Gasteiger partial charge in [0, 0.05) is 25.3 Å². The molecular weight excluding hydrogens is 452 g/mol. The first-order chi connectivity index (χ1) is 16.8. The van der Waals surface area contributed by atoms with Crippen LogP contribution in [0.15, 0.2) is 48.8 Å². The van der Waals surface area contributed by atoms with Gasteiger partial charge in [-0.25, -0.2) is 9.97 Å². The van der Waals surface area contributed by atoms with Crippen LogP contribution in [0.2, 0.25) is 0 Å². The quantitative estimate of drug-likeness (QED) is 0.583. The maximum Gasteiger partial charge on any atom is 0.309 e. The second-order valence-electron chi connectivity index (χ2n) is 9.63. The van der Waals surface area contributed by atoms with Gasteiger partial charge in [-0.2, -0.15) is 8.78 Å². The molecule has 35 heavy (non-hydrogen) atoms. The number of nitrogens with two attached hydrogens (primary N) is 2. The van der Waals surface area contributed by atoms with Crippen molar-refractivity contribution in [3.8, 4) is 0 Å². The summed E-state index contributed by atoms with van der Waals surface area (Å²) in [6.07, 6.45) is 5.54. The minimum absolute atomic E-state index is 0.00737. The van der Waals surface area contributed by atoms with Crippen LogP contribution in [0, 0.1) is 5.41 Å². The summed E-state index contributed by atoms with van der Waals surface area (Å²) in [7, 11) is 0. The summed E-state index contributed by atoms with van der Waals surface area (Å²) in [5.74, 6) is -3.48. The fourth-order valence-electron chi connectivity index (χ4n) is 5.76. The molecule has 8 nitrogen and oxygen atoms in total. The Hall–Kier alpha value is -3.66. The van der Waals surface area contributed by atoms with Gasteiger partial charge in [0.05, 0.1) is 18.4 Å². The first kappa shape index (κ1) is 21.8. The number of aromatic nitrogens is 3. The molecule has 1 aliphatic carbocycles. The van der Waals surface area contributed by atoms with Gasteiger partial charge in [-0.1, -0.05) is 24.3 Å². The van der Waals surface area contributed by atoms with E-state index in [0.29, 0.717) is 5.82 Å². The molecular formula is C25H25F2N7O. The van der Waals surface area contributed by atoms with Crippen LogP contribution in [0.25, 0.3) is 0 Å². The predicted octanol–water partition coefficient (Wildman–Crippen LogP) is 3.05. The van der Waals surface area contributed by atoms with Crippen LogP contribution in [-0.4, -0.2) is 40.5 Å². The lowest BCUT2D eigenvalue weighted by atomic mass is 9.73.